The molecule has 352 valence electrons. The van der Waals surface area contributed by atoms with Crippen LogP contribution >= 0.6 is 0 Å². The predicted octanol–water partition coefficient (Wildman–Crippen LogP) is 16.4. The minimum atomic E-state index is -0.0741. The van der Waals surface area contributed by atoms with E-state index in [0.29, 0.717) is 0 Å². The summed E-state index contributed by atoms with van der Waals surface area (Å²) in [5.41, 5.74) is 29.6. The fourth-order valence-electron chi connectivity index (χ4n) is 13.3. The van der Waals surface area contributed by atoms with Gasteiger partial charge in [-0.1, -0.05) is 164 Å². The van der Waals surface area contributed by atoms with Gasteiger partial charge in [0.1, 0.15) is 0 Å². The van der Waals surface area contributed by atoms with Crippen LogP contribution in [0.25, 0.3) is 22.3 Å². The summed E-state index contributed by atoms with van der Waals surface area (Å²) in [6, 6.07) is 71.5. The summed E-state index contributed by atoms with van der Waals surface area (Å²) in [5.74, 6) is 0. The Balaban J connectivity index is 1.15. The van der Waals surface area contributed by atoms with E-state index < -0.39 is 0 Å². The molecule has 0 unspecified atom stereocenters. The van der Waals surface area contributed by atoms with Crippen LogP contribution in [0.4, 0.5) is 51.2 Å². The van der Waals surface area contributed by atoms with Crippen molar-refractivity contribution in [3.05, 3.63) is 227 Å². The van der Waals surface area contributed by atoms with Gasteiger partial charge in [-0.15, -0.1) is 0 Å². The zero-order valence-electron chi connectivity index (χ0n) is 43.2. The standard InChI is InChI=1S/C68H62BN3/c1-43-33-63-65-64(34-43)72(61-38-48(66(3,4)5)37-53-52-28-20-19-23-47(52)35-54(53)61)62-41-56-55(67(6,7)42-68(56,8)9)40-58(62)69(65)57-39-51(70(49-24-15-11-16-25-49)50-26-17-12-18-27-50)31-32-59(57)71(63)60-36-46(30-29-44(60)2)45-21-13-10-14-22-45/h10-34,36-41H,35,42H2,1-9H3. The van der Waals surface area contributed by atoms with Gasteiger partial charge in [-0.2, -0.15) is 0 Å². The van der Waals surface area contributed by atoms with Gasteiger partial charge in [0, 0.05) is 51.9 Å². The Bertz CT molecular complexity index is 3620. The first-order valence-corrected chi connectivity index (χ1v) is 26.0. The smallest absolute Gasteiger partial charge is 0.252 e. The molecular formula is C68H62BN3. The maximum absolute atomic E-state index is 2.74. The first kappa shape index (κ1) is 44.4. The van der Waals surface area contributed by atoms with Crippen molar-refractivity contribution < 1.29 is 0 Å². The molecule has 0 aromatic heterocycles. The number of nitrogens with zero attached hydrogens (tertiary/aromatic N) is 3. The number of hydrogen-bond acceptors (Lipinski definition) is 3. The van der Waals surface area contributed by atoms with Crippen molar-refractivity contribution in [3.63, 3.8) is 0 Å². The molecule has 13 rings (SSSR count). The molecule has 2 aliphatic carbocycles. The first-order valence-electron chi connectivity index (χ1n) is 26.0. The van der Waals surface area contributed by atoms with Crippen LogP contribution in [0.3, 0.4) is 0 Å². The van der Waals surface area contributed by atoms with Crippen molar-refractivity contribution in [1.29, 1.82) is 0 Å². The molecule has 0 saturated carbocycles. The van der Waals surface area contributed by atoms with Gasteiger partial charge in [-0.3, -0.25) is 0 Å². The van der Waals surface area contributed by atoms with Gasteiger partial charge in [-0.05, 0) is 187 Å². The second kappa shape index (κ2) is 16.0. The lowest BCUT2D eigenvalue weighted by Crippen LogP contribution is -2.61. The van der Waals surface area contributed by atoms with E-state index in [0.717, 1.165) is 29.9 Å². The summed E-state index contributed by atoms with van der Waals surface area (Å²) in [6.07, 6.45) is 2.00. The Hall–Kier alpha value is -7.56. The number of benzene rings is 9. The summed E-state index contributed by atoms with van der Waals surface area (Å²) < 4.78 is 0. The zero-order valence-corrected chi connectivity index (χ0v) is 43.2. The summed E-state index contributed by atoms with van der Waals surface area (Å²) in [4.78, 5) is 7.79. The number of aryl methyl sites for hydroxylation is 2. The largest absolute Gasteiger partial charge is 0.311 e. The Morgan fingerprint density at radius 3 is 1.74 bits per heavy atom. The Labute approximate surface area is 427 Å². The summed E-state index contributed by atoms with van der Waals surface area (Å²) in [5, 5.41) is 0. The van der Waals surface area contributed by atoms with Gasteiger partial charge in [-0.25, -0.2) is 0 Å². The molecule has 0 radical (unpaired) electrons. The fourth-order valence-corrected chi connectivity index (χ4v) is 13.3. The van der Waals surface area contributed by atoms with Gasteiger partial charge < -0.3 is 14.7 Å². The van der Waals surface area contributed by atoms with Crippen molar-refractivity contribution in [2.45, 2.75) is 91.4 Å². The highest BCUT2D eigenvalue weighted by molar-refractivity contribution is 7.00. The second-order valence-corrected chi connectivity index (χ2v) is 23.4. The number of fused-ring (bicyclic) bond motifs is 8. The third-order valence-corrected chi connectivity index (χ3v) is 16.5. The van der Waals surface area contributed by atoms with Crippen LogP contribution in [0.2, 0.25) is 0 Å². The Kier molecular flexibility index (Phi) is 9.85. The summed E-state index contributed by atoms with van der Waals surface area (Å²) in [6.45, 7) is 21.5. The average Bonchev–Trinajstić information content (AvgIpc) is 3.83. The molecule has 0 atom stereocenters. The normalized spacial score (nSPS) is 15.3. The monoisotopic (exact) mass is 932 g/mol. The van der Waals surface area contributed by atoms with Gasteiger partial charge in [0.2, 0.25) is 0 Å². The second-order valence-electron chi connectivity index (χ2n) is 23.4. The summed E-state index contributed by atoms with van der Waals surface area (Å²) in [7, 11) is 0. The van der Waals surface area contributed by atoms with Crippen LogP contribution in [0.5, 0.6) is 0 Å². The van der Waals surface area contributed by atoms with Gasteiger partial charge in [0.15, 0.2) is 0 Å². The first-order chi connectivity index (χ1) is 34.6. The molecule has 4 heteroatoms. The van der Waals surface area contributed by atoms with Crippen LogP contribution in [-0.2, 0) is 22.7 Å². The maximum Gasteiger partial charge on any atom is 0.252 e. The fraction of sp³-hybridized carbons (Fsp3) is 0.206. The van der Waals surface area contributed by atoms with Crippen molar-refractivity contribution in [3.8, 4) is 22.3 Å². The zero-order chi connectivity index (χ0) is 49.4. The molecule has 0 spiro atoms. The molecule has 0 fully saturated rings. The van der Waals surface area contributed by atoms with Crippen molar-refractivity contribution >= 4 is 74.3 Å². The minimum Gasteiger partial charge on any atom is -0.311 e. The molecule has 0 N–H and O–H groups in total. The van der Waals surface area contributed by atoms with E-state index in [1.807, 2.05) is 0 Å². The third-order valence-electron chi connectivity index (χ3n) is 16.5. The van der Waals surface area contributed by atoms with Crippen molar-refractivity contribution in [2.75, 3.05) is 14.7 Å². The topological polar surface area (TPSA) is 9.72 Å². The number of rotatable bonds is 6. The lowest BCUT2D eigenvalue weighted by atomic mass is 9.33. The SMILES string of the molecule is Cc1cc2c3c(c1)N(c1cc(C(C)(C)C)cc4c1Cc1ccccc1-4)c1cc4c(cc1B3c1cc(N(c3ccccc3)c3ccccc3)ccc1N2c1cc(-c2ccccc2)ccc1C)C(C)(C)CC4(C)C. The van der Waals surface area contributed by atoms with Crippen molar-refractivity contribution in [2.24, 2.45) is 0 Å². The van der Waals surface area contributed by atoms with Crippen LogP contribution < -0.4 is 31.1 Å². The van der Waals surface area contributed by atoms with Crippen LogP contribution in [0, 0.1) is 13.8 Å². The number of hydrogen-bond donors (Lipinski definition) is 0. The van der Waals surface area contributed by atoms with Gasteiger partial charge in [0.05, 0.1) is 5.69 Å². The summed E-state index contributed by atoms with van der Waals surface area (Å²) >= 11 is 0. The Morgan fingerprint density at radius 2 is 1.07 bits per heavy atom. The molecular weight excluding hydrogens is 870 g/mol. The van der Waals surface area contributed by atoms with E-state index >= 15 is 0 Å². The average molecular weight is 932 g/mol. The highest BCUT2D eigenvalue weighted by Gasteiger charge is 2.49. The highest BCUT2D eigenvalue weighted by atomic mass is 15.2. The lowest BCUT2D eigenvalue weighted by molar-refractivity contribution is 0.403. The third kappa shape index (κ3) is 6.86. The van der Waals surface area contributed by atoms with E-state index in [1.54, 1.807) is 0 Å². The molecule has 0 amide bonds. The Morgan fingerprint density at radius 1 is 0.472 bits per heavy atom. The number of anilines is 9. The molecule has 3 nitrogen and oxygen atoms in total. The maximum atomic E-state index is 2.74. The molecule has 4 aliphatic rings. The van der Waals surface area contributed by atoms with E-state index in [4.69, 9.17) is 0 Å². The van der Waals surface area contributed by atoms with E-state index in [-0.39, 0.29) is 23.0 Å². The van der Waals surface area contributed by atoms with Gasteiger partial charge in [0.25, 0.3) is 6.71 Å². The number of para-hydroxylation sites is 2. The van der Waals surface area contributed by atoms with Crippen LogP contribution in [0.1, 0.15) is 93.8 Å². The highest BCUT2D eigenvalue weighted by Crippen LogP contribution is 2.55. The van der Waals surface area contributed by atoms with E-state index in [9.17, 15) is 0 Å². The molecule has 72 heavy (non-hydrogen) atoms. The predicted molar refractivity (Wildman–Crippen MR) is 308 cm³/mol. The lowest BCUT2D eigenvalue weighted by Gasteiger charge is -2.46. The molecule has 2 aliphatic heterocycles. The minimum absolute atomic E-state index is 0.00189. The van der Waals surface area contributed by atoms with Crippen molar-refractivity contribution in [1.82, 2.24) is 0 Å². The van der Waals surface area contributed by atoms with Gasteiger partial charge >= 0.3 is 0 Å². The van der Waals surface area contributed by atoms with Crippen LogP contribution in [-0.4, -0.2) is 6.71 Å². The molecule has 9 aromatic carbocycles. The quantitative estimate of drug-likeness (QED) is 0.154. The molecule has 0 saturated heterocycles. The van der Waals surface area contributed by atoms with E-state index in [2.05, 4.69) is 265 Å². The van der Waals surface area contributed by atoms with Crippen LogP contribution in [0.15, 0.2) is 188 Å². The molecule has 2 heterocycles. The molecule has 9 aromatic rings. The van der Waals surface area contributed by atoms with E-state index in [1.165, 1.54) is 112 Å². The molecule has 0 bridgehead atoms.